The van der Waals surface area contributed by atoms with Crippen LogP contribution in [0.2, 0.25) is 0 Å². The molecule has 3 aromatic heterocycles. The molecule has 3 rings (SSSR count). The number of aromatic nitrogens is 3. The molecule has 0 atom stereocenters. The summed E-state index contributed by atoms with van der Waals surface area (Å²) in [7, 11) is 0. The Morgan fingerprint density at radius 2 is 2.12 bits per heavy atom. The van der Waals surface area contributed by atoms with Crippen LogP contribution < -0.4 is 5.32 Å². The van der Waals surface area contributed by atoms with E-state index in [1.165, 1.54) is 17.4 Å². The van der Waals surface area contributed by atoms with Gasteiger partial charge in [0, 0.05) is 12.7 Å². The first-order valence-electron chi connectivity index (χ1n) is 6.93. The Hall–Kier alpha value is -2.03. The van der Waals surface area contributed by atoms with Crippen molar-refractivity contribution >= 4 is 58.3 Å². The molecule has 0 bridgehead atoms. The first-order chi connectivity index (χ1) is 11.2. The van der Waals surface area contributed by atoms with Crippen molar-refractivity contribution in [3.63, 3.8) is 0 Å². The Morgan fingerprint density at radius 1 is 1.32 bits per heavy atom. The summed E-state index contributed by atoms with van der Waals surface area (Å²) in [5.74, 6) is -0.619. The van der Waals surface area contributed by atoms with Gasteiger partial charge in [0.25, 0.3) is 0 Å². The van der Waals surface area contributed by atoms with E-state index in [2.05, 4.69) is 20.3 Å². The van der Waals surface area contributed by atoms with Crippen molar-refractivity contribution in [2.75, 3.05) is 11.9 Å². The lowest BCUT2D eigenvalue weighted by Gasteiger charge is -2.07. The summed E-state index contributed by atoms with van der Waals surface area (Å²) in [5.41, 5.74) is 1.54. The second-order valence-corrected chi connectivity index (χ2v) is 5.53. The van der Waals surface area contributed by atoms with Crippen LogP contribution >= 0.6 is 36.2 Å². The molecule has 6 nitrogen and oxygen atoms in total. The molecule has 134 valence electrons. The topological polar surface area (TPSA) is 77.0 Å². The Bertz CT molecular complexity index is 862. The fraction of sp³-hybridized carbons (Fsp3) is 0.200. The van der Waals surface area contributed by atoms with E-state index in [0.717, 1.165) is 6.20 Å². The minimum absolute atomic E-state index is 0. The zero-order valence-electron chi connectivity index (χ0n) is 13.1. The minimum Gasteiger partial charge on any atom is -0.461 e. The van der Waals surface area contributed by atoms with Crippen molar-refractivity contribution < 1.29 is 13.9 Å². The lowest BCUT2D eigenvalue weighted by atomic mass is 10.3. The van der Waals surface area contributed by atoms with Gasteiger partial charge in [-0.25, -0.2) is 19.2 Å². The number of pyridine rings is 1. The van der Waals surface area contributed by atoms with Crippen LogP contribution in [0, 0.1) is 5.82 Å². The Labute approximate surface area is 159 Å². The van der Waals surface area contributed by atoms with E-state index in [0.29, 0.717) is 22.3 Å². The normalized spacial score (nSPS) is 9.84. The fourth-order valence-electron chi connectivity index (χ4n) is 2.01. The van der Waals surface area contributed by atoms with Crippen LogP contribution in [0.15, 0.2) is 29.9 Å². The van der Waals surface area contributed by atoms with Crippen LogP contribution in [-0.2, 0) is 11.3 Å². The van der Waals surface area contributed by atoms with Crippen LogP contribution in [-0.4, -0.2) is 27.5 Å². The molecule has 10 heteroatoms. The SMILES string of the molecule is CCOC(=O)c1nc(NCc2cncc(F)c2)nc2ccsc12.Cl.Cl. The van der Waals surface area contributed by atoms with Gasteiger partial charge in [-0.2, -0.15) is 0 Å². The van der Waals surface area contributed by atoms with Gasteiger partial charge in [-0.15, -0.1) is 36.2 Å². The number of nitrogens with zero attached hydrogens (tertiary/aromatic N) is 3. The number of rotatable bonds is 5. The summed E-state index contributed by atoms with van der Waals surface area (Å²) >= 11 is 1.38. The quantitative estimate of drug-likeness (QED) is 0.650. The molecule has 0 spiro atoms. The molecule has 25 heavy (non-hydrogen) atoms. The average molecular weight is 405 g/mol. The van der Waals surface area contributed by atoms with Gasteiger partial charge >= 0.3 is 5.97 Å². The highest BCUT2D eigenvalue weighted by Crippen LogP contribution is 2.24. The Balaban J connectivity index is 0.00000156. The molecule has 3 aromatic rings. The van der Waals surface area contributed by atoms with Gasteiger partial charge in [0.05, 0.1) is 23.0 Å². The van der Waals surface area contributed by atoms with Crippen LogP contribution in [0.3, 0.4) is 0 Å². The summed E-state index contributed by atoms with van der Waals surface area (Å²) in [5, 5.41) is 4.81. The van der Waals surface area contributed by atoms with E-state index in [1.54, 1.807) is 19.2 Å². The molecule has 0 amide bonds. The molecule has 0 aliphatic heterocycles. The van der Waals surface area contributed by atoms with Gasteiger partial charge in [-0.1, -0.05) is 0 Å². The minimum atomic E-state index is -0.488. The highest BCUT2D eigenvalue weighted by molar-refractivity contribution is 7.17. The van der Waals surface area contributed by atoms with E-state index in [4.69, 9.17) is 4.74 Å². The summed E-state index contributed by atoms with van der Waals surface area (Å²) in [4.78, 5) is 24.4. The van der Waals surface area contributed by atoms with Crippen LogP contribution in [0.1, 0.15) is 23.0 Å². The summed E-state index contributed by atoms with van der Waals surface area (Å²) in [6, 6.07) is 3.18. The molecule has 0 unspecified atom stereocenters. The molecule has 1 N–H and O–H groups in total. The summed E-state index contributed by atoms with van der Waals surface area (Å²) in [6.45, 7) is 2.30. The molecule has 0 aliphatic rings. The zero-order valence-corrected chi connectivity index (χ0v) is 15.5. The van der Waals surface area contributed by atoms with E-state index in [1.807, 2.05) is 5.38 Å². The van der Waals surface area contributed by atoms with Gasteiger partial charge in [0.1, 0.15) is 5.82 Å². The molecule has 3 heterocycles. The summed E-state index contributed by atoms with van der Waals surface area (Å²) < 4.78 is 18.8. The standard InChI is InChI=1S/C15H13FN4O2S.2ClH/c1-2-22-14(21)12-13-11(3-4-23-13)19-15(20-12)18-7-9-5-10(16)8-17-6-9;;/h3-6,8H,2,7H2,1H3,(H,18,19,20);2*1H. The maximum atomic E-state index is 13.1. The van der Waals surface area contributed by atoms with E-state index in [-0.39, 0.29) is 43.1 Å². The number of fused-ring (bicyclic) bond motifs is 1. The van der Waals surface area contributed by atoms with Crippen LogP contribution in [0.4, 0.5) is 10.3 Å². The Kier molecular flexibility index (Phi) is 7.95. The number of halogens is 3. The van der Waals surface area contributed by atoms with Crippen LogP contribution in [0.25, 0.3) is 10.2 Å². The van der Waals surface area contributed by atoms with Crippen molar-refractivity contribution in [2.24, 2.45) is 0 Å². The first kappa shape index (κ1) is 21.0. The Morgan fingerprint density at radius 3 is 2.84 bits per heavy atom. The number of nitrogens with one attached hydrogen (secondary N) is 1. The number of thiophene rings is 1. The van der Waals surface area contributed by atoms with E-state index < -0.39 is 11.8 Å². The zero-order chi connectivity index (χ0) is 16.2. The summed E-state index contributed by atoms with van der Waals surface area (Å²) in [6.07, 6.45) is 2.68. The molecule has 0 saturated carbocycles. The van der Waals surface area contributed by atoms with Gasteiger partial charge < -0.3 is 10.1 Å². The van der Waals surface area contributed by atoms with Crippen molar-refractivity contribution in [1.82, 2.24) is 15.0 Å². The lowest BCUT2D eigenvalue weighted by molar-refractivity contribution is 0.0522. The van der Waals surface area contributed by atoms with Crippen molar-refractivity contribution in [3.8, 4) is 0 Å². The number of hydrogen-bond acceptors (Lipinski definition) is 7. The number of hydrogen-bond donors (Lipinski definition) is 1. The molecule has 0 fully saturated rings. The smallest absolute Gasteiger partial charge is 0.358 e. The number of carbonyl (C=O) groups excluding carboxylic acids is 1. The van der Waals surface area contributed by atoms with E-state index in [9.17, 15) is 9.18 Å². The molecular weight excluding hydrogens is 390 g/mol. The van der Waals surface area contributed by atoms with Crippen LogP contribution in [0.5, 0.6) is 0 Å². The number of ether oxygens (including phenoxy) is 1. The highest BCUT2D eigenvalue weighted by Gasteiger charge is 2.17. The second-order valence-electron chi connectivity index (χ2n) is 4.62. The highest BCUT2D eigenvalue weighted by atomic mass is 35.5. The third kappa shape index (κ3) is 4.97. The monoisotopic (exact) mass is 404 g/mol. The average Bonchev–Trinajstić information content (AvgIpc) is 3.01. The predicted molar refractivity (Wildman–Crippen MR) is 99.4 cm³/mol. The van der Waals surface area contributed by atoms with Crippen molar-refractivity contribution in [1.29, 1.82) is 0 Å². The molecule has 0 aliphatic carbocycles. The maximum absolute atomic E-state index is 13.1. The van der Waals surface area contributed by atoms with Gasteiger partial charge in [0.15, 0.2) is 5.69 Å². The molecule has 0 radical (unpaired) electrons. The first-order valence-corrected chi connectivity index (χ1v) is 7.81. The predicted octanol–water partition coefficient (Wildman–Crippen LogP) is 3.86. The van der Waals surface area contributed by atoms with Crippen molar-refractivity contribution in [2.45, 2.75) is 13.5 Å². The van der Waals surface area contributed by atoms with Crippen molar-refractivity contribution in [3.05, 3.63) is 47.0 Å². The van der Waals surface area contributed by atoms with E-state index >= 15 is 0 Å². The van der Waals surface area contributed by atoms with Gasteiger partial charge in [-0.3, -0.25) is 4.98 Å². The largest absolute Gasteiger partial charge is 0.461 e. The lowest BCUT2D eigenvalue weighted by Crippen LogP contribution is -2.11. The fourth-order valence-corrected chi connectivity index (χ4v) is 2.82. The molecule has 0 saturated heterocycles. The van der Waals surface area contributed by atoms with Gasteiger partial charge in [0.2, 0.25) is 5.95 Å². The molecular formula is C15H15Cl2FN4O2S. The third-order valence-electron chi connectivity index (χ3n) is 2.98. The number of carbonyl (C=O) groups is 1. The molecule has 0 aromatic carbocycles. The van der Waals surface area contributed by atoms with Gasteiger partial charge in [-0.05, 0) is 30.0 Å². The number of esters is 1. The number of anilines is 1. The maximum Gasteiger partial charge on any atom is 0.358 e. The third-order valence-corrected chi connectivity index (χ3v) is 3.89. The second kappa shape index (κ2) is 9.45.